The first-order valence-corrected chi connectivity index (χ1v) is 11.2. The van der Waals surface area contributed by atoms with Crippen LogP contribution in [0.25, 0.3) is 0 Å². The van der Waals surface area contributed by atoms with Crippen molar-refractivity contribution in [1.82, 2.24) is 0 Å². The highest BCUT2D eigenvalue weighted by Crippen LogP contribution is 2.30. The van der Waals surface area contributed by atoms with E-state index in [1.807, 2.05) is 6.92 Å². The van der Waals surface area contributed by atoms with Gasteiger partial charge < -0.3 is 9.47 Å². The molecule has 0 aromatic heterocycles. The van der Waals surface area contributed by atoms with Gasteiger partial charge in [0, 0.05) is 12.6 Å². The van der Waals surface area contributed by atoms with E-state index in [4.69, 9.17) is 9.47 Å². The number of carbonyl (C=O) groups excluding carboxylic acids is 2. The molecular formula is C24H23NO6S. The van der Waals surface area contributed by atoms with Gasteiger partial charge in [-0.05, 0) is 43.3 Å². The van der Waals surface area contributed by atoms with Crippen molar-refractivity contribution in [3.8, 4) is 5.75 Å². The second-order valence-corrected chi connectivity index (χ2v) is 9.00. The number of aryl methyl sites for hydroxylation is 1. The maximum absolute atomic E-state index is 13.0. The number of hydrogen-bond donors (Lipinski definition) is 0. The van der Waals surface area contributed by atoms with Crippen LogP contribution in [-0.4, -0.2) is 40.9 Å². The van der Waals surface area contributed by atoms with Crippen molar-refractivity contribution in [2.24, 2.45) is 0 Å². The Morgan fingerprint density at radius 2 is 1.47 bits per heavy atom. The second-order valence-electron chi connectivity index (χ2n) is 7.03. The zero-order valence-electron chi connectivity index (χ0n) is 17.9. The van der Waals surface area contributed by atoms with Gasteiger partial charge in [-0.1, -0.05) is 42.0 Å². The SMILES string of the molecule is COc1ccccc1N(C)S(=O)(=O)c1ccc(C(=O)OCC(=O)c2ccc(C)cc2)cc1. The fraction of sp³-hybridized carbons (Fsp3) is 0.167. The van der Waals surface area contributed by atoms with Gasteiger partial charge in [-0.25, -0.2) is 13.2 Å². The van der Waals surface area contributed by atoms with Crippen LogP contribution in [0.3, 0.4) is 0 Å². The molecule has 166 valence electrons. The first kappa shape index (κ1) is 23.0. The number of ether oxygens (including phenoxy) is 2. The third-order valence-electron chi connectivity index (χ3n) is 4.88. The maximum atomic E-state index is 13.0. The van der Waals surface area contributed by atoms with Crippen LogP contribution in [0.1, 0.15) is 26.3 Å². The predicted octanol–water partition coefficient (Wildman–Crippen LogP) is 3.87. The Bertz CT molecular complexity index is 1220. The zero-order valence-corrected chi connectivity index (χ0v) is 18.8. The largest absolute Gasteiger partial charge is 0.495 e. The van der Waals surface area contributed by atoms with E-state index >= 15 is 0 Å². The van der Waals surface area contributed by atoms with Crippen LogP contribution in [0.2, 0.25) is 0 Å². The van der Waals surface area contributed by atoms with Crippen molar-refractivity contribution >= 4 is 27.5 Å². The molecule has 0 saturated carbocycles. The highest BCUT2D eigenvalue weighted by atomic mass is 32.2. The van der Waals surface area contributed by atoms with Crippen molar-refractivity contribution in [1.29, 1.82) is 0 Å². The summed E-state index contributed by atoms with van der Waals surface area (Å²) in [5, 5.41) is 0. The lowest BCUT2D eigenvalue weighted by molar-refractivity contribution is 0.0474. The lowest BCUT2D eigenvalue weighted by atomic mass is 10.1. The van der Waals surface area contributed by atoms with Crippen molar-refractivity contribution in [2.75, 3.05) is 25.1 Å². The number of esters is 1. The van der Waals surface area contributed by atoms with Crippen molar-refractivity contribution in [3.63, 3.8) is 0 Å². The highest BCUT2D eigenvalue weighted by molar-refractivity contribution is 7.92. The second kappa shape index (κ2) is 9.65. The molecule has 0 heterocycles. The molecule has 0 fully saturated rings. The molecule has 0 aliphatic heterocycles. The number of sulfonamides is 1. The minimum atomic E-state index is -3.89. The smallest absolute Gasteiger partial charge is 0.338 e. The Labute approximate surface area is 187 Å². The molecule has 3 aromatic rings. The minimum absolute atomic E-state index is 0.00168. The molecule has 0 radical (unpaired) electrons. The number of methoxy groups -OCH3 is 1. The van der Waals surface area contributed by atoms with E-state index in [2.05, 4.69) is 0 Å². The molecule has 32 heavy (non-hydrogen) atoms. The van der Waals surface area contributed by atoms with Crippen LogP contribution in [0.15, 0.2) is 77.7 Å². The van der Waals surface area contributed by atoms with E-state index in [1.54, 1.807) is 48.5 Å². The summed E-state index contributed by atoms with van der Waals surface area (Å²) in [4.78, 5) is 24.4. The van der Waals surface area contributed by atoms with E-state index in [1.165, 1.54) is 38.4 Å². The van der Waals surface area contributed by atoms with Crippen LogP contribution in [-0.2, 0) is 14.8 Å². The Hall–Kier alpha value is -3.65. The topological polar surface area (TPSA) is 90.0 Å². The Morgan fingerprint density at radius 3 is 2.09 bits per heavy atom. The van der Waals surface area contributed by atoms with E-state index in [-0.39, 0.29) is 16.2 Å². The molecule has 0 spiro atoms. The van der Waals surface area contributed by atoms with Gasteiger partial charge in [0.1, 0.15) is 5.75 Å². The molecule has 0 aliphatic carbocycles. The minimum Gasteiger partial charge on any atom is -0.495 e. The van der Waals surface area contributed by atoms with Crippen molar-refractivity contribution in [3.05, 3.63) is 89.5 Å². The lowest BCUT2D eigenvalue weighted by Crippen LogP contribution is -2.27. The van der Waals surface area contributed by atoms with Crippen LogP contribution >= 0.6 is 0 Å². The van der Waals surface area contributed by atoms with Gasteiger partial charge in [0.15, 0.2) is 12.4 Å². The number of benzene rings is 3. The number of nitrogens with zero attached hydrogens (tertiary/aromatic N) is 1. The van der Waals surface area contributed by atoms with Crippen molar-refractivity contribution < 1.29 is 27.5 Å². The molecule has 0 saturated heterocycles. The number of anilines is 1. The molecule has 0 aliphatic rings. The molecule has 0 unspecified atom stereocenters. The first-order chi connectivity index (χ1) is 15.2. The summed E-state index contributed by atoms with van der Waals surface area (Å²) in [6.07, 6.45) is 0. The molecule has 0 amide bonds. The molecule has 3 aromatic carbocycles. The standard InChI is InChI=1S/C24H23NO6S/c1-17-8-10-18(11-9-17)22(26)16-31-24(27)19-12-14-20(15-13-19)32(28,29)25(2)21-6-4-5-7-23(21)30-3/h4-15H,16H2,1-3H3. The molecule has 3 rings (SSSR count). The number of rotatable bonds is 8. The number of para-hydroxylation sites is 2. The average molecular weight is 454 g/mol. The van der Waals surface area contributed by atoms with Gasteiger partial charge >= 0.3 is 5.97 Å². The molecule has 0 N–H and O–H groups in total. The number of hydrogen-bond acceptors (Lipinski definition) is 6. The summed E-state index contributed by atoms with van der Waals surface area (Å²) in [5.41, 5.74) is 1.99. The molecule has 7 nitrogen and oxygen atoms in total. The predicted molar refractivity (Wildman–Crippen MR) is 121 cm³/mol. The fourth-order valence-electron chi connectivity index (χ4n) is 2.98. The molecule has 0 atom stereocenters. The van der Waals surface area contributed by atoms with Gasteiger partial charge in [0.25, 0.3) is 10.0 Å². The number of ketones is 1. The summed E-state index contributed by atoms with van der Waals surface area (Å²) >= 11 is 0. The normalized spacial score (nSPS) is 11.0. The Balaban J connectivity index is 1.70. The quantitative estimate of drug-likeness (QED) is 0.380. The van der Waals surface area contributed by atoms with E-state index < -0.39 is 22.6 Å². The molecule has 0 bridgehead atoms. The third-order valence-corrected chi connectivity index (χ3v) is 6.67. The lowest BCUT2D eigenvalue weighted by Gasteiger charge is -2.21. The van der Waals surface area contributed by atoms with Crippen LogP contribution in [0.5, 0.6) is 5.75 Å². The Morgan fingerprint density at radius 1 is 0.875 bits per heavy atom. The van der Waals surface area contributed by atoms with Gasteiger partial charge in [0.05, 0.1) is 23.3 Å². The Kier molecular flexibility index (Phi) is 6.95. The first-order valence-electron chi connectivity index (χ1n) is 9.73. The fourth-order valence-corrected chi connectivity index (χ4v) is 4.18. The summed E-state index contributed by atoms with van der Waals surface area (Å²) in [7, 11) is -1.00. The van der Waals surface area contributed by atoms with E-state index in [0.717, 1.165) is 9.87 Å². The summed E-state index contributed by atoms with van der Waals surface area (Å²) in [6, 6.07) is 19.0. The van der Waals surface area contributed by atoms with Gasteiger partial charge in [-0.2, -0.15) is 0 Å². The third kappa shape index (κ3) is 4.97. The van der Waals surface area contributed by atoms with E-state index in [0.29, 0.717) is 17.0 Å². The van der Waals surface area contributed by atoms with Crippen molar-refractivity contribution in [2.45, 2.75) is 11.8 Å². The molecule has 8 heteroatoms. The zero-order chi connectivity index (χ0) is 23.3. The summed E-state index contributed by atoms with van der Waals surface area (Å²) in [6.45, 7) is 1.50. The monoisotopic (exact) mass is 453 g/mol. The van der Waals surface area contributed by atoms with Gasteiger partial charge in [-0.15, -0.1) is 0 Å². The van der Waals surface area contributed by atoms with Gasteiger partial charge in [0.2, 0.25) is 0 Å². The van der Waals surface area contributed by atoms with Crippen LogP contribution in [0, 0.1) is 6.92 Å². The number of carbonyl (C=O) groups is 2. The van der Waals surface area contributed by atoms with Crippen LogP contribution in [0.4, 0.5) is 5.69 Å². The van der Waals surface area contributed by atoms with E-state index in [9.17, 15) is 18.0 Å². The molecular weight excluding hydrogens is 430 g/mol. The average Bonchev–Trinajstić information content (AvgIpc) is 2.82. The highest BCUT2D eigenvalue weighted by Gasteiger charge is 2.24. The van der Waals surface area contributed by atoms with Gasteiger partial charge in [-0.3, -0.25) is 9.10 Å². The summed E-state index contributed by atoms with van der Waals surface area (Å²) in [5.74, 6) is -0.625. The number of Topliss-reactive ketones (excluding diaryl/α,β-unsaturated/α-hetero) is 1. The maximum Gasteiger partial charge on any atom is 0.338 e. The van der Waals surface area contributed by atoms with Crippen LogP contribution < -0.4 is 9.04 Å². The summed E-state index contributed by atoms with van der Waals surface area (Å²) < 4.78 is 37.4.